The Morgan fingerprint density at radius 3 is 2.76 bits per heavy atom. The molecule has 4 nitrogen and oxygen atoms in total. The molecular formula is C12H22N2O2S. The van der Waals surface area contributed by atoms with Gasteiger partial charge in [0.2, 0.25) is 11.8 Å². The Balaban J connectivity index is 3.36. The molecule has 0 unspecified atom stereocenters. The van der Waals surface area contributed by atoms with E-state index in [0.717, 1.165) is 12.8 Å². The van der Waals surface area contributed by atoms with Crippen LogP contribution in [0.2, 0.25) is 0 Å². The minimum atomic E-state index is -0.322. The summed E-state index contributed by atoms with van der Waals surface area (Å²) in [5, 5.41) is 2.75. The maximum absolute atomic E-state index is 11.3. The molecule has 3 N–H and O–H groups in total. The van der Waals surface area contributed by atoms with E-state index in [9.17, 15) is 9.59 Å². The number of thioether (sulfide) groups is 1. The van der Waals surface area contributed by atoms with Crippen molar-refractivity contribution in [2.45, 2.75) is 32.6 Å². The minimum absolute atomic E-state index is 0.0684. The van der Waals surface area contributed by atoms with Crippen LogP contribution >= 0.6 is 11.8 Å². The van der Waals surface area contributed by atoms with Gasteiger partial charge in [-0.3, -0.25) is 9.59 Å². The van der Waals surface area contributed by atoms with Crippen molar-refractivity contribution in [3.05, 3.63) is 12.2 Å². The van der Waals surface area contributed by atoms with Gasteiger partial charge in [-0.25, -0.2) is 0 Å². The Morgan fingerprint density at radius 2 is 2.12 bits per heavy atom. The Bertz CT molecular complexity index is 255. The number of carbonyl (C=O) groups excluding carboxylic acids is 2. The topological polar surface area (TPSA) is 72.2 Å². The van der Waals surface area contributed by atoms with Crippen molar-refractivity contribution < 1.29 is 9.59 Å². The zero-order valence-electron chi connectivity index (χ0n) is 10.4. The lowest BCUT2D eigenvalue weighted by Gasteiger charge is -2.00. The first-order chi connectivity index (χ1) is 8.16. The van der Waals surface area contributed by atoms with Crippen LogP contribution in [0.3, 0.4) is 0 Å². The normalized spacial score (nSPS) is 10.6. The quantitative estimate of drug-likeness (QED) is 0.460. The molecule has 0 aromatic carbocycles. The fraction of sp³-hybridized carbons (Fsp3) is 0.667. The van der Waals surface area contributed by atoms with E-state index in [1.807, 2.05) is 6.08 Å². The number of hydrogen-bond acceptors (Lipinski definition) is 3. The van der Waals surface area contributed by atoms with Crippen LogP contribution in [0.4, 0.5) is 0 Å². The summed E-state index contributed by atoms with van der Waals surface area (Å²) >= 11 is 1.42. The number of nitrogens with two attached hydrogens (primary N) is 1. The zero-order valence-corrected chi connectivity index (χ0v) is 11.2. The van der Waals surface area contributed by atoms with Gasteiger partial charge < -0.3 is 11.1 Å². The summed E-state index contributed by atoms with van der Waals surface area (Å²) in [7, 11) is 0. The van der Waals surface area contributed by atoms with E-state index in [1.54, 1.807) is 6.08 Å². The van der Waals surface area contributed by atoms with Crippen LogP contribution in [0, 0.1) is 0 Å². The average molecular weight is 258 g/mol. The van der Waals surface area contributed by atoms with Crippen molar-refractivity contribution in [2.24, 2.45) is 5.73 Å². The van der Waals surface area contributed by atoms with Gasteiger partial charge in [-0.2, -0.15) is 11.8 Å². The number of hydrogen-bond donors (Lipinski definition) is 2. The van der Waals surface area contributed by atoms with E-state index >= 15 is 0 Å². The summed E-state index contributed by atoms with van der Waals surface area (Å²) in [5.74, 6) is 0.625. The van der Waals surface area contributed by atoms with Gasteiger partial charge in [-0.1, -0.05) is 25.8 Å². The summed E-state index contributed by atoms with van der Waals surface area (Å²) in [6.45, 7) is 2.72. The molecule has 0 aliphatic carbocycles. The molecule has 0 aromatic heterocycles. The van der Waals surface area contributed by atoms with Crippen LogP contribution in [0.25, 0.3) is 0 Å². The molecule has 0 spiro atoms. The summed E-state index contributed by atoms with van der Waals surface area (Å²) in [4.78, 5) is 21.7. The maximum Gasteiger partial charge on any atom is 0.243 e. The highest BCUT2D eigenvalue weighted by atomic mass is 32.2. The molecule has 98 valence electrons. The Labute approximate surface area is 107 Å². The molecule has 0 saturated heterocycles. The molecule has 0 aliphatic heterocycles. The first-order valence-corrected chi connectivity index (χ1v) is 7.12. The number of nitrogens with one attached hydrogen (secondary N) is 1. The van der Waals surface area contributed by atoms with E-state index in [4.69, 9.17) is 5.73 Å². The maximum atomic E-state index is 11.3. The molecule has 17 heavy (non-hydrogen) atoms. The average Bonchev–Trinajstić information content (AvgIpc) is 2.28. The van der Waals surface area contributed by atoms with Crippen LogP contribution in [-0.4, -0.2) is 29.9 Å². The number of carbonyl (C=O) groups is 2. The van der Waals surface area contributed by atoms with Crippen molar-refractivity contribution in [3.63, 3.8) is 0 Å². The summed E-state index contributed by atoms with van der Waals surface area (Å²) in [5.41, 5.74) is 4.98. The second-order valence-electron chi connectivity index (χ2n) is 3.71. The molecule has 0 heterocycles. The van der Waals surface area contributed by atoms with Crippen LogP contribution < -0.4 is 11.1 Å². The summed E-state index contributed by atoms with van der Waals surface area (Å²) in [6, 6.07) is 0. The van der Waals surface area contributed by atoms with Gasteiger partial charge in [0.05, 0.1) is 5.75 Å². The minimum Gasteiger partial charge on any atom is -0.369 e. The monoisotopic (exact) mass is 258 g/mol. The van der Waals surface area contributed by atoms with Crippen molar-refractivity contribution in [1.29, 1.82) is 0 Å². The van der Waals surface area contributed by atoms with Crippen molar-refractivity contribution in [2.75, 3.05) is 18.1 Å². The molecule has 0 atom stereocenters. The van der Waals surface area contributed by atoms with Crippen LogP contribution in [-0.2, 0) is 9.59 Å². The van der Waals surface area contributed by atoms with Crippen molar-refractivity contribution in [3.8, 4) is 0 Å². The molecule has 0 aliphatic rings. The Morgan fingerprint density at radius 1 is 1.35 bits per heavy atom. The molecule has 0 saturated carbocycles. The number of allylic oxidation sites excluding steroid dienone is 1. The predicted molar refractivity (Wildman–Crippen MR) is 72.8 cm³/mol. The van der Waals surface area contributed by atoms with Crippen molar-refractivity contribution >= 4 is 23.6 Å². The lowest BCUT2D eigenvalue weighted by atomic mass is 10.2. The molecule has 0 aromatic rings. The molecule has 2 amide bonds. The van der Waals surface area contributed by atoms with Gasteiger partial charge in [0.15, 0.2) is 0 Å². The van der Waals surface area contributed by atoms with E-state index in [1.165, 1.54) is 24.6 Å². The third-order valence-corrected chi connectivity index (χ3v) is 3.01. The van der Waals surface area contributed by atoms with Gasteiger partial charge in [0.1, 0.15) is 0 Å². The van der Waals surface area contributed by atoms with Gasteiger partial charge in [-0.15, -0.1) is 0 Å². The molecule has 5 heteroatoms. The van der Waals surface area contributed by atoms with E-state index in [2.05, 4.69) is 12.2 Å². The standard InChI is InChI=1S/C12H22N2O2S/c1-2-3-4-5-6-7-12(16)14-8-9-17-10-11(13)15/h6-7H,2-5,8-10H2,1H3,(H2,13,15)(H,14,16). The van der Waals surface area contributed by atoms with Crippen LogP contribution in [0.5, 0.6) is 0 Å². The van der Waals surface area contributed by atoms with E-state index < -0.39 is 0 Å². The first kappa shape index (κ1) is 16.0. The van der Waals surface area contributed by atoms with Gasteiger partial charge in [-0.05, 0) is 18.9 Å². The lowest BCUT2D eigenvalue weighted by Crippen LogP contribution is -2.24. The molecule has 0 radical (unpaired) electrons. The molecule has 0 fully saturated rings. The Hall–Kier alpha value is -0.970. The number of primary amides is 1. The second-order valence-corrected chi connectivity index (χ2v) is 4.81. The SMILES string of the molecule is CCCCCC=CC(=O)NCCSCC(N)=O. The summed E-state index contributed by atoms with van der Waals surface area (Å²) in [6.07, 6.45) is 7.97. The molecule has 0 rings (SSSR count). The second kappa shape index (κ2) is 11.5. The fourth-order valence-corrected chi connectivity index (χ4v) is 1.77. The molecular weight excluding hydrogens is 236 g/mol. The lowest BCUT2D eigenvalue weighted by molar-refractivity contribution is -0.116. The van der Waals surface area contributed by atoms with Crippen LogP contribution in [0.1, 0.15) is 32.6 Å². The smallest absolute Gasteiger partial charge is 0.243 e. The third kappa shape index (κ3) is 13.0. The van der Waals surface area contributed by atoms with Crippen LogP contribution in [0.15, 0.2) is 12.2 Å². The predicted octanol–water partition coefficient (Wildman–Crippen LogP) is 1.46. The van der Waals surface area contributed by atoms with Gasteiger partial charge in [0, 0.05) is 12.3 Å². The van der Waals surface area contributed by atoms with Gasteiger partial charge >= 0.3 is 0 Å². The van der Waals surface area contributed by atoms with E-state index in [-0.39, 0.29) is 11.8 Å². The highest BCUT2D eigenvalue weighted by molar-refractivity contribution is 7.99. The highest BCUT2D eigenvalue weighted by Crippen LogP contribution is 1.99. The number of unbranched alkanes of at least 4 members (excludes halogenated alkanes) is 3. The highest BCUT2D eigenvalue weighted by Gasteiger charge is 1.96. The number of rotatable bonds is 10. The first-order valence-electron chi connectivity index (χ1n) is 5.97. The number of amides is 2. The molecule has 0 bridgehead atoms. The third-order valence-electron chi connectivity index (χ3n) is 2.03. The Kier molecular flexibility index (Phi) is 10.9. The zero-order chi connectivity index (χ0) is 12.9. The summed E-state index contributed by atoms with van der Waals surface area (Å²) < 4.78 is 0. The fourth-order valence-electron chi connectivity index (χ4n) is 1.18. The van der Waals surface area contributed by atoms with Gasteiger partial charge in [0.25, 0.3) is 0 Å². The largest absolute Gasteiger partial charge is 0.369 e. The van der Waals surface area contributed by atoms with Crippen molar-refractivity contribution in [1.82, 2.24) is 5.32 Å². The van der Waals surface area contributed by atoms with E-state index in [0.29, 0.717) is 18.1 Å².